The van der Waals surface area contributed by atoms with Crippen molar-refractivity contribution in [3.05, 3.63) is 20.5 Å². The SMILES string of the molecule is CSc1nnc2c(=O)[nH]c3nc([N+](=O)[O-])nn3c2n1. The van der Waals surface area contributed by atoms with Gasteiger partial charge in [0.05, 0.1) is 0 Å². The minimum absolute atomic E-state index is 0.0647. The maximum absolute atomic E-state index is 11.7. The number of rotatable bonds is 2. The average Bonchev–Trinajstić information content (AvgIpc) is 2.82. The Morgan fingerprint density at radius 3 is 2.84 bits per heavy atom. The van der Waals surface area contributed by atoms with Gasteiger partial charge in [-0.15, -0.1) is 10.2 Å². The van der Waals surface area contributed by atoms with Gasteiger partial charge in [0, 0.05) is 5.10 Å². The van der Waals surface area contributed by atoms with Crippen LogP contribution in [0.5, 0.6) is 0 Å². The topological polar surface area (TPSA) is 145 Å². The van der Waals surface area contributed by atoms with Crippen LogP contribution in [0.2, 0.25) is 0 Å². The number of nitro groups is 1. The number of aromatic amines is 1. The molecule has 0 fully saturated rings. The Bertz CT molecular complexity index is 870. The summed E-state index contributed by atoms with van der Waals surface area (Å²) >= 11 is 1.22. The first-order valence-corrected chi connectivity index (χ1v) is 6.04. The normalized spacial score (nSPS) is 11.2. The fourth-order valence-corrected chi connectivity index (χ4v) is 1.75. The lowest BCUT2D eigenvalue weighted by atomic mass is 10.5. The van der Waals surface area contributed by atoms with E-state index >= 15 is 0 Å². The van der Waals surface area contributed by atoms with E-state index in [9.17, 15) is 14.9 Å². The maximum atomic E-state index is 11.7. The van der Waals surface area contributed by atoms with Crippen molar-refractivity contribution in [1.82, 2.24) is 34.8 Å². The Morgan fingerprint density at radius 1 is 1.37 bits per heavy atom. The highest BCUT2D eigenvalue weighted by atomic mass is 32.2. The second-order valence-corrected chi connectivity index (χ2v) is 4.10. The summed E-state index contributed by atoms with van der Waals surface area (Å²) in [7, 11) is 0. The maximum Gasteiger partial charge on any atom is 0.493 e. The van der Waals surface area contributed by atoms with E-state index < -0.39 is 16.4 Å². The molecule has 0 spiro atoms. The summed E-state index contributed by atoms with van der Waals surface area (Å²) in [5, 5.41) is 22.0. The molecule has 11 nitrogen and oxygen atoms in total. The van der Waals surface area contributed by atoms with Crippen LogP contribution >= 0.6 is 11.8 Å². The minimum atomic E-state index is -0.763. The van der Waals surface area contributed by atoms with Gasteiger partial charge < -0.3 is 10.1 Å². The summed E-state index contributed by atoms with van der Waals surface area (Å²) in [4.78, 5) is 31.6. The number of thioether (sulfide) groups is 1. The quantitative estimate of drug-likeness (QED) is 0.368. The van der Waals surface area contributed by atoms with Crippen LogP contribution in [0.25, 0.3) is 16.9 Å². The minimum Gasteiger partial charge on any atom is -0.390 e. The third kappa shape index (κ3) is 1.69. The Kier molecular flexibility index (Phi) is 2.38. The van der Waals surface area contributed by atoms with Crippen molar-refractivity contribution in [3.63, 3.8) is 0 Å². The molecule has 0 atom stereocenters. The number of nitrogens with one attached hydrogen (secondary N) is 1. The van der Waals surface area contributed by atoms with Crippen LogP contribution in [-0.4, -0.2) is 45.9 Å². The Hall–Kier alpha value is -2.63. The lowest BCUT2D eigenvalue weighted by Gasteiger charge is -1.96. The molecule has 0 saturated heterocycles. The molecule has 96 valence electrons. The molecule has 19 heavy (non-hydrogen) atoms. The highest BCUT2D eigenvalue weighted by Gasteiger charge is 2.21. The summed E-state index contributed by atoms with van der Waals surface area (Å²) in [5.41, 5.74) is -0.582. The summed E-state index contributed by atoms with van der Waals surface area (Å²) in [6.07, 6.45) is 1.73. The van der Waals surface area contributed by atoms with Crippen molar-refractivity contribution in [2.45, 2.75) is 5.16 Å². The second kappa shape index (κ2) is 3.94. The zero-order valence-electron chi connectivity index (χ0n) is 9.26. The summed E-state index contributed by atoms with van der Waals surface area (Å²) in [6.45, 7) is 0. The molecule has 0 saturated carbocycles. The first-order chi connectivity index (χ1) is 9.10. The molecule has 0 aliphatic carbocycles. The predicted molar refractivity (Wildman–Crippen MR) is 62.9 cm³/mol. The van der Waals surface area contributed by atoms with E-state index in [1.165, 1.54) is 11.8 Å². The zero-order chi connectivity index (χ0) is 13.6. The van der Waals surface area contributed by atoms with Gasteiger partial charge in [0.1, 0.15) is 0 Å². The number of H-pyrrole nitrogens is 1. The van der Waals surface area contributed by atoms with E-state index in [1.807, 2.05) is 0 Å². The van der Waals surface area contributed by atoms with Gasteiger partial charge in [-0.3, -0.25) is 9.78 Å². The number of fused-ring (bicyclic) bond motifs is 3. The van der Waals surface area contributed by atoms with Gasteiger partial charge in [-0.1, -0.05) is 16.3 Å². The van der Waals surface area contributed by atoms with Gasteiger partial charge in [0.2, 0.25) is 10.8 Å². The van der Waals surface area contributed by atoms with E-state index in [-0.39, 0.29) is 16.9 Å². The zero-order valence-corrected chi connectivity index (χ0v) is 10.1. The third-order valence-corrected chi connectivity index (χ3v) is 2.77. The molecule has 1 N–H and O–H groups in total. The van der Waals surface area contributed by atoms with Crippen molar-refractivity contribution in [2.75, 3.05) is 6.26 Å². The molecule has 3 heterocycles. The van der Waals surface area contributed by atoms with E-state index in [2.05, 4.69) is 30.2 Å². The first kappa shape index (κ1) is 11.5. The predicted octanol–water partition coefficient (Wildman–Crippen LogP) is -0.614. The average molecular weight is 280 g/mol. The number of hydrogen-bond donors (Lipinski definition) is 1. The molecule has 0 radical (unpaired) electrons. The fourth-order valence-electron chi connectivity index (χ4n) is 1.45. The van der Waals surface area contributed by atoms with E-state index in [4.69, 9.17) is 0 Å². The molecular weight excluding hydrogens is 276 g/mol. The smallest absolute Gasteiger partial charge is 0.390 e. The molecule has 12 heteroatoms. The van der Waals surface area contributed by atoms with E-state index in [0.717, 1.165) is 4.52 Å². The van der Waals surface area contributed by atoms with Crippen LogP contribution in [0, 0.1) is 10.1 Å². The van der Waals surface area contributed by atoms with Gasteiger partial charge in [-0.2, -0.15) is 4.98 Å². The second-order valence-electron chi connectivity index (χ2n) is 3.33. The first-order valence-electron chi connectivity index (χ1n) is 4.82. The molecule has 0 aliphatic heterocycles. The van der Waals surface area contributed by atoms with Crippen LogP contribution in [-0.2, 0) is 0 Å². The molecule has 0 unspecified atom stereocenters. The molecule has 3 rings (SSSR count). The highest BCUT2D eigenvalue weighted by molar-refractivity contribution is 7.98. The molecule has 0 aromatic carbocycles. The lowest BCUT2D eigenvalue weighted by molar-refractivity contribution is -0.394. The molecule has 3 aromatic rings. The van der Waals surface area contributed by atoms with Crippen LogP contribution in [0.4, 0.5) is 5.95 Å². The Labute approximate surface area is 107 Å². The molecule has 3 aromatic heterocycles. The van der Waals surface area contributed by atoms with Gasteiger partial charge in [-0.05, 0) is 16.2 Å². The van der Waals surface area contributed by atoms with Crippen LogP contribution in [0.15, 0.2) is 9.95 Å². The fraction of sp³-hybridized carbons (Fsp3) is 0.143. The van der Waals surface area contributed by atoms with Crippen LogP contribution in [0.3, 0.4) is 0 Å². The largest absolute Gasteiger partial charge is 0.493 e. The molecule has 0 bridgehead atoms. The third-order valence-electron chi connectivity index (χ3n) is 2.23. The number of nitrogens with zero attached hydrogens (tertiary/aromatic N) is 7. The van der Waals surface area contributed by atoms with Crippen LogP contribution in [0.1, 0.15) is 0 Å². The van der Waals surface area contributed by atoms with Crippen LogP contribution < -0.4 is 5.56 Å². The number of aromatic nitrogens is 7. The van der Waals surface area contributed by atoms with E-state index in [1.54, 1.807) is 6.26 Å². The van der Waals surface area contributed by atoms with Crippen molar-refractivity contribution < 1.29 is 4.92 Å². The highest BCUT2D eigenvalue weighted by Crippen LogP contribution is 2.12. The van der Waals surface area contributed by atoms with Gasteiger partial charge in [0.15, 0.2) is 5.52 Å². The number of hydrogen-bond acceptors (Lipinski definition) is 9. The summed E-state index contributed by atoms with van der Waals surface area (Å²) in [6, 6.07) is 0. The van der Waals surface area contributed by atoms with Crippen molar-refractivity contribution >= 4 is 34.7 Å². The van der Waals surface area contributed by atoms with Crippen molar-refractivity contribution in [1.29, 1.82) is 0 Å². The molecular formula is C7H4N8O3S. The Balaban J connectivity index is 2.48. The summed E-state index contributed by atoms with van der Waals surface area (Å²) < 4.78 is 1.06. The Morgan fingerprint density at radius 2 is 2.16 bits per heavy atom. The van der Waals surface area contributed by atoms with Crippen molar-refractivity contribution in [2.24, 2.45) is 0 Å². The van der Waals surface area contributed by atoms with E-state index in [0.29, 0.717) is 5.16 Å². The van der Waals surface area contributed by atoms with Gasteiger partial charge >= 0.3 is 11.7 Å². The van der Waals surface area contributed by atoms with Gasteiger partial charge in [0.25, 0.3) is 5.56 Å². The lowest BCUT2D eigenvalue weighted by Crippen LogP contribution is -2.14. The molecule has 0 amide bonds. The van der Waals surface area contributed by atoms with Gasteiger partial charge in [-0.25, -0.2) is 0 Å². The molecule has 0 aliphatic rings. The van der Waals surface area contributed by atoms with Crippen molar-refractivity contribution in [3.8, 4) is 0 Å². The monoisotopic (exact) mass is 280 g/mol. The summed E-state index contributed by atoms with van der Waals surface area (Å²) in [5.74, 6) is -0.704. The standard InChI is InChI=1S/C7H4N8O3S/c1-19-7-8-3-2(11-12-7)4(16)9-5-10-6(15(17)18)13-14(3)5/h1H3,(H,9,10,13,16).